The van der Waals surface area contributed by atoms with Gasteiger partial charge in [0.05, 0.1) is 0 Å². The predicted molar refractivity (Wildman–Crippen MR) is 75.0 cm³/mol. The van der Waals surface area contributed by atoms with Crippen LogP contribution >= 0.6 is 11.6 Å². The Kier molecular flexibility index (Phi) is 5.34. The molecule has 0 radical (unpaired) electrons. The van der Waals surface area contributed by atoms with Gasteiger partial charge in [-0.25, -0.2) is 4.39 Å². The standard InChI is InChI=1S/C15H19ClFNO/c16-15-7-4-12(17)9-11(15)10-14(19)6-5-13-3-1-2-8-18-13/h4,7,9,13,18H,1-3,5-6,8,10H2. The largest absolute Gasteiger partial charge is 0.314 e. The number of piperidine rings is 1. The monoisotopic (exact) mass is 283 g/mol. The Labute approximate surface area is 118 Å². The lowest BCUT2D eigenvalue weighted by Gasteiger charge is -2.23. The summed E-state index contributed by atoms with van der Waals surface area (Å²) in [7, 11) is 0. The zero-order valence-corrected chi connectivity index (χ0v) is 11.7. The number of ketones is 1. The van der Waals surface area contributed by atoms with Crippen LogP contribution in [-0.2, 0) is 11.2 Å². The second kappa shape index (κ2) is 7.01. The Balaban J connectivity index is 1.81. The van der Waals surface area contributed by atoms with Gasteiger partial charge in [0.15, 0.2) is 0 Å². The number of hydrogen-bond donors (Lipinski definition) is 1. The van der Waals surface area contributed by atoms with E-state index in [0.29, 0.717) is 23.0 Å². The Morgan fingerprint density at radius 3 is 3.00 bits per heavy atom. The Morgan fingerprint density at radius 2 is 2.26 bits per heavy atom. The molecule has 0 spiro atoms. The van der Waals surface area contributed by atoms with Crippen molar-refractivity contribution < 1.29 is 9.18 Å². The van der Waals surface area contributed by atoms with Gasteiger partial charge in [-0.15, -0.1) is 0 Å². The lowest BCUT2D eigenvalue weighted by Crippen LogP contribution is -2.34. The smallest absolute Gasteiger partial charge is 0.137 e. The van der Waals surface area contributed by atoms with Gasteiger partial charge >= 0.3 is 0 Å². The molecule has 1 saturated heterocycles. The topological polar surface area (TPSA) is 29.1 Å². The minimum atomic E-state index is -0.346. The minimum Gasteiger partial charge on any atom is -0.314 e. The molecule has 1 heterocycles. The molecule has 1 aromatic carbocycles. The Bertz CT molecular complexity index is 444. The van der Waals surface area contributed by atoms with E-state index in [9.17, 15) is 9.18 Å². The molecule has 0 aliphatic carbocycles. The average molecular weight is 284 g/mol. The summed E-state index contributed by atoms with van der Waals surface area (Å²) in [4.78, 5) is 11.9. The van der Waals surface area contributed by atoms with Crippen molar-refractivity contribution >= 4 is 17.4 Å². The van der Waals surface area contributed by atoms with Crippen LogP contribution in [0.1, 0.15) is 37.7 Å². The van der Waals surface area contributed by atoms with E-state index in [2.05, 4.69) is 5.32 Å². The van der Waals surface area contributed by atoms with Gasteiger partial charge in [0.1, 0.15) is 11.6 Å². The van der Waals surface area contributed by atoms with Gasteiger partial charge in [-0.05, 0) is 49.6 Å². The highest BCUT2D eigenvalue weighted by molar-refractivity contribution is 6.31. The molecule has 0 aromatic heterocycles. The van der Waals surface area contributed by atoms with Crippen LogP contribution in [0.4, 0.5) is 4.39 Å². The molecule has 1 N–H and O–H groups in total. The van der Waals surface area contributed by atoms with Gasteiger partial charge in [0.25, 0.3) is 0 Å². The number of halogens is 2. The quantitative estimate of drug-likeness (QED) is 0.896. The highest BCUT2D eigenvalue weighted by Crippen LogP contribution is 2.19. The van der Waals surface area contributed by atoms with Gasteiger partial charge in [0.2, 0.25) is 0 Å². The molecule has 0 saturated carbocycles. The van der Waals surface area contributed by atoms with Gasteiger partial charge < -0.3 is 5.32 Å². The number of Topliss-reactive ketones (excluding diaryl/α,β-unsaturated/α-hetero) is 1. The molecular weight excluding hydrogens is 265 g/mol. The maximum atomic E-state index is 13.1. The fraction of sp³-hybridized carbons (Fsp3) is 0.533. The average Bonchev–Trinajstić information content (AvgIpc) is 2.42. The van der Waals surface area contributed by atoms with Gasteiger partial charge in [-0.2, -0.15) is 0 Å². The third-order valence-corrected chi connectivity index (χ3v) is 3.95. The van der Waals surface area contributed by atoms with E-state index < -0.39 is 0 Å². The molecule has 2 rings (SSSR count). The molecule has 1 fully saturated rings. The molecule has 19 heavy (non-hydrogen) atoms. The fourth-order valence-electron chi connectivity index (χ4n) is 2.49. The number of nitrogens with one attached hydrogen (secondary N) is 1. The first kappa shape index (κ1) is 14.5. The summed E-state index contributed by atoms with van der Waals surface area (Å²) in [5, 5.41) is 3.88. The molecule has 1 unspecified atom stereocenters. The van der Waals surface area contributed by atoms with E-state index in [4.69, 9.17) is 11.6 Å². The van der Waals surface area contributed by atoms with Gasteiger partial charge in [-0.3, -0.25) is 4.79 Å². The third-order valence-electron chi connectivity index (χ3n) is 3.58. The number of carbonyl (C=O) groups excluding carboxylic acids is 1. The Hall–Kier alpha value is -0.930. The van der Waals surface area contributed by atoms with Crippen LogP contribution in [0.15, 0.2) is 18.2 Å². The van der Waals surface area contributed by atoms with E-state index in [-0.39, 0.29) is 18.0 Å². The zero-order valence-electron chi connectivity index (χ0n) is 10.9. The summed E-state index contributed by atoms with van der Waals surface area (Å²) in [6.45, 7) is 1.05. The van der Waals surface area contributed by atoms with Crippen molar-refractivity contribution in [3.8, 4) is 0 Å². The fourth-order valence-corrected chi connectivity index (χ4v) is 2.67. The zero-order chi connectivity index (χ0) is 13.7. The molecule has 1 atom stereocenters. The van der Waals surface area contributed by atoms with E-state index in [1.54, 1.807) is 0 Å². The molecule has 0 amide bonds. The summed E-state index contributed by atoms with van der Waals surface area (Å²) in [6.07, 6.45) is 5.23. The van der Waals surface area contributed by atoms with Crippen LogP contribution < -0.4 is 5.32 Å². The number of carbonyl (C=O) groups is 1. The first-order chi connectivity index (χ1) is 9.15. The predicted octanol–water partition coefficient (Wildman–Crippen LogP) is 3.51. The van der Waals surface area contributed by atoms with E-state index in [1.807, 2.05) is 0 Å². The maximum absolute atomic E-state index is 13.1. The minimum absolute atomic E-state index is 0.125. The summed E-state index contributed by atoms with van der Waals surface area (Å²) in [5.41, 5.74) is 0.586. The van der Waals surface area contributed by atoms with E-state index in [1.165, 1.54) is 31.0 Å². The SMILES string of the molecule is O=C(CCC1CCCCN1)Cc1cc(F)ccc1Cl. The van der Waals surface area contributed by atoms with Gasteiger partial charge in [-0.1, -0.05) is 18.0 Å². The lowest BCUT2D eigenvalue weighted by atomic mass is 9.97. The number of hydrogen-bond acceptors (Lipinski definition) is 2. The highest BCUT2D eigenvalue weighted by atomic mass is 35.5. The van der Waals surface area contributed by atoms with Crippen LogP contribution in [-0.4, -0.2) is 18.4 Å². The van der Waals surface area contributed by atoms with Crippen molar-refractivity contribution in [1.82, 2.24) is 5.32 Å². The van der Waals surface area contributed by atoms with E-state index in [0.717, 1.165) is 19.4 Å². The second-order valence-corrected chi connectivity index (χ2v) is 5.54. The van der Waals surface area contributed by atoms with Crippen molar-refractivity contribution in [1.29, 1.82) is 0 Å². The lowest BCUT2D eigenvalue weighted by molar-refractivity contribution is -0.118. The van der Waals surface area contributed by atoms with Crippen LogP contribution in [0.5, 0.6) is 0 Å². The summed E-state index contributed by atoms with van der Waals surface area (Å²) in [6, 6.07) is 4.62. The molecule has 1 aliphatic rings. The molecule has 0 bridgehead atoms. The molecule has 4 heteroatoms. The van der Waals surface area contributed by atoms with Crippen molar-refractivity contribution in [3.63, 3.8) is 0 Å². The first-order valence-electron chi connectivity index (χ1n) is 6.84. The van der Waals surface area contributed by atoms with Crippen molar-refractivity contribution in [2.45, 2.75) is 44.6 Å². The Morgan fingerprint density at radius 1 is 1.42 bits per heavy atom. The summed E-state index contributed by atoms with van der Waals surface area (Å²) < 4.78 is 13.1. The van der Waals surface area contributed by atoms with Crippen molar-refractivity contribution in [2.24, 2.45) is 0 Å². The van der Waals surface area contributed by atoms with Crippen LogP contribution in [0.3, 0.4) is 0 Å². The second-order valence-electron chi connectivity index (χ2n) is 5.14. The van der Waals surface area contributed by atoms with Gasteiger partial charge in [0, 0.05) is 23.9 Å². The van der Waals surface area contributed by atoms with Crippen molar-refractivity contribution in [3.05, 3.63) is 34.6 Å². The molecule has 1 aliphatic heterocycles. The third kappa shape index (κ3) is 4.59. The van der Waals surface area contributed by atoms with Crippen LogP contribution in [0, 0.1) is 5.82 Å². The highest BCUT2D eigenvalue weighted by Gasteiger charge is 2.15. The van der Waals surface area contributed by atoms with Crippen LogP contribution in [0.25, 0.3) is 0 Å². The first-order valence-corrected chi connectivity index (χ1v) is 7.22. The summed E-state index contributed by atoms with van der Waals surface area (Å²) >= 11 is 5.96. The summed E-state index contributed by atoms with van der Waals surface area (Å²) in [5.74, 6) is -0.221. The molecular formula is C15H19ClFNO. The van der Waals surface area contributed by atoms with Crippen molar-refractivity contribution in [2.75, 3.05) is 6.54 Å². The molecule has 1 aromatic rings. The van der Waals surface area contributed by atoms with Crippen LogP contribution in [0.2, 0.25) is 5.02 Å². The molecule has 2 nitrogen and oxygen atoms in total. The maximum Gasteiger partial charge on any atom is 0.137 e. The number of rotatable bonds is 5. The van der Waals surface area contributed by atoms with E-state index >= 15 is 0 Å². The number of benzene rings is 1. The molecule has 104 valence electrons. The normalized spacial score (nSPS) is 19.4.